The highest BCUT2D eigenvalue weighted by Crippen LogP contribution is 2.39. The van der Waals surface area contributed by atoms with Gasteiger partial charge in [0, 0.05) is 56.3 Å². The van der Waals surface area contributed by atoms with Gasteiger partial charge in [0.25, 0.3) is 5.22 Å². The molecule has 0 saturated carbocycles. The van der Waals surface area contributed by atoms with E-state index in [2.05, 4.69) is 27.1 Å². The molecule has 0 aliphatic carbocycles. The maximum absolute atomic E-state index is 12.6. The number of aliphatic hydroxyl groups excluding tert-OH is 1. The number of thioether (sulfide) groups is 1. The van der Waals surface area contributed by atoms with Gasteiger partial charge < -0.3 is 19.3 Å². The summed E-state index contributed by atoms with van der Waals surface area (Å²) in [6.45, 7) is 3.31. The summed E-state index contributed by atoms with van der Waals surface area (Å²) in [6.07, 6.45) is 6.34. The van der Waals surface area contributed by atoms with Crippen LogP contribution in [0, 0.1) is 5.41 Å². The molecule has 1 spiro atoms. The number of pyridine rings is 1. The Morgan fingerprint density at radius 2 is 2.07 bits per heavy atom. The molecular weight excluding hydrogens is 390 g/mol. The molecule has 9 heteroatoms. The minimum Gasteiger partial charge on any atom is -0.411 e. The molecule has 1 atom stereocenters. The maximum Gasteiger partial charge on any atom is 0.276 e. The Hall–Kier alpha value is -1.97. The van der Waals surface area contributed by atoms with Gasteiger partial charge in [0.05, 0.1) is 6.10 Å². The van der Waals surface area contributed by atoms with Crippen molar-refractivity contribution in [2.75, 3.05) is 39.0 Å². The van der Waals surface area contributed by atoms with E-state index in [1.807, 2.05) is 17.0 Å². The fraction of sp³-hybridized carbons (Fsp3) is 0.600. The molecule has 2 aliphatic heterocycles. The fourth-order valence-electron chi connectivity index (χ4n) is 4.48. The molecule has 0 aromatic carbocycles. The molecule has 2 aromatic rings. The summed E-state index contributed by atoms with van der Waals surface area (Å²) in [4.78, 5) is 20.7. The normalized spacial score (nSPS) is 22.1. The van der Waals surface area contributed by atoms with E-state index >= 15 is 0 Å². The van der Waals surface area contributed by atoms with Crippen LogP contribution in [0.5, 0.6) is 0 Å². The number of hydrogen-bond acceptors (Lipinski definition) is 8. The number of carbonyl (C=O) groups is 1. The largest absolute Gasteiger partial charge is 0.411 e. The van der Waals surface area contributed by atoms with Crippen molar-refractivity contribution in [2.24, 2.45) is 5.41 Å². The van der Waals surface area contributed by atoms with Gasteiger partial charge in [-0.3, -0.25) is 9.78 Å². The Balaban J connectivity index is 1.22. The van der Waals surface area contributed by atoms with Crippen LogP contribution in [-0.2, 0) is 4.79 Å². The molecule has 29 heavy (non-hydrogen) atoms. The first kappa shape index (κ1) is 20.3. The molecule has 4 heterocycles. The van der Waals surface area contributed by atoms with Crippen LogP contribution >= 0.6 is 11.8 Å². The van der Waals surface area contributed by atoms with E-state index in [-0.39, 0.29) is 17.4 Å². The summed E-state index contributed by atoms with van der Waals surface area (Å²) >= 11 is 1.41. The standard InChI is InChI=1S/C20H27N5O3S/c1-24-13-16(26)12-20(14-24)5-9-25(10-6-20)17(27)4-11-29-19-23-22-18(28-19)15-2-7-21-8-3-15/h2-3,7-8,16,26H,4-6,9-14H2,1H3. The van der Waals surface area contributed by atoms with Gasteiger partial charge in [0.2, 0.25) is 11.8 Å². The van der Waals surface area contributed by atoms with Crippen LogP contribution in [0.4, 0.5) is 0 Å². The summed E-state index contributed by atoms with van der Waals surface area (Å²) in [5.41, 5.74) is 0.988. The summed E-state index contributed by atoms with van der Waals surface area (Å²) in [6, 6.07) is 3.63. The van der Waals surface area contributed by atoms with Crippen LogP contribution in [0.25, 0.3) is 11.5 Å². The maximum atomic E-state index is 12.6. The van der Waals surface area contributed by atoms with Crippen LogP contribution < -0.4 is 0 Å². The van der Waals surface area contributed by atoms with Gasteiger partial charge in [-0.1, -0.05) is 11.8 Å². The average molecular weight is 418 g/mol. The molecule has 0 bridgehead atoms. The number of amides is 1. The number of aliphatic hydroxyl groups is 1. The second-order valence-electron chi connectivity index (χ2n) is 8.14. The van der Waals surface area contributed by atoms with Gasteiger partial charge in [0.15, 0.2) is 0 Å². The van der Waals surface area contributed by atoms with Crippen molar-refractivity contribution in [2.45, 2.75) is 37.0 Å². The highest BCUT2D eigenvalue weighted by atomic mass is 32.2. The second-order valence-corrected chi connectivity index (χ2v) is 9.19. The Morgan fingerprint density at radius 1 is 1.31 bits per heavy atom. The van der Waals surface area contributed by atoms with Crippen molar-refractivity contribution in [1.82, 2.24) is 25.0 Å². The lowest BCUT2D eigenvalue weighted by Crippen LogP contribution is -2.53. The Labute approximate surface area is 174 Å². The molecule has 2 fully saturated rings. The van der Waals surface area contributed by atoms with Gasteiger partial charge in [-0.2, -0.15) is 0 Å². The number of rotatable bonds is 5. The Kier molecular flexibility index (Phi) is 6.17. The van der Waals surface area contributed by atoms with Crippen molar-refractivity contribution in [1.29, 1.82) is 0 Å². The predicted molar refractivity (Wildman–Crippen MR) is 109 cm³/mol. The van der Waals surface area contributed by atoms with E-state index in [0.29, 0.717) is 23.3 Å². The molecular formula is C20H27N5O3S. The number of likely N-dealkylation sites (N-methyl/N-ethyl adjacent to an activating group) is 1. The van der Waals surface area contributed by atoms with Crippen molar-refractivity contribution in [3.63, 3.8) is 0 Å². The van der Waals surface area contributed by atoms with E-state index in [4.69, 9.17) is 4.42 Å². The van der Waals surface area contributed by atoms with Gasteiger partial charge >= 0.3 is 0 Å². The number of carbonyl (C=O) groups excluding carboxylic acids is 1. The molecule has 2 aliphatic rings. The van der Waals surface area contributed by atoms with E-state index in [9.17, 15) is 9.90 Å². The first-order valence-corrected chi connectivity index (χ1v) is 11.0. The highest BCUT2D eigenvalue weighted by molar-refractivity contribution is 7.99. The quantitative estimate of drug-likeness (QED) is 0.737. The summed E-state index contributed by atoms with van der Waals surface area (Å²) in [5.74, 6) is 1.24. The predicted octanol–water partition coefficient (Wildman–Crippen LogP) is 1.92. The van der Waals surface area contributed by atoms with Crippen LogP contribution in [-0.4, -0.2) is 81.1 Å². The molecule has 1 unspecified atom stereocenters. The highest BCUT2D eigenvalue weighted by Gasteiger charge is 2.41. The van der Waals surface area contributed by atoms with Crippen molar-refractivity contribution in [3.05, 3.63) is 24.5 Å². The molecule has 8 nitrogen and oxygen atoms in total. The van der Waals surface area contributed by atoms with Crippen LogP contribution in [0.3, 0.4) is 0 Å². The summed E-state index contributed by atoms with van der Waals surface area (Å²) in [5, 5.41) is 18.7. The third-order valence-corrected chi connectivity index (χ3v) is 6.67. The zero-order valence-electron chi connectivity index (χ0n) is 16.7. The third-order valence-electron chi connectivity index (χ3n) is 5.85. The van der Waals surface area contributed by atoms with Gasteiger partial charge in [-0.25, -0.2) is 0 Å². The number of nitrogens with zero attached hydrogens (tertiary/aromatic N) is 5. The zero-order chi connectivity index (χ0) is 20.3. The third kappa shape index (κ3) is 4.96. The SMILES string of the molecule is CN1CC(O)CC2(CCN(C(=O)CCSc3nnc(-c4ccncc4)o3)CC2)C1. The number of β-amino-alcohol motifs (C(OH)–C–C–N with tert-alkyl or cyclic N) is 1. The number of hydrogen-bond donors (Lipinski definition) is 1. The molecule has 1 N–H and O–H groups in total. The van der Waals surface area contributed by atoms with Crippen molar-refractivity contribution in [3.8, 4) is 11.5 Å². The minimum atomic E-state index is -0.251. The molecule has 156 valence electrons. The van der Waals surface area contributed by atoms with E-state index in [0.717, 1.165) is 51.0 Å². The zero-order valence-corrected chi connectivity index (χ0v) is 17.5. The first-order chi connectivity index (χ1) is 14.0. The van der Waals surface area contributed by atoms with E-state index in [1.165, 1.54) is 11.8 Å². The number of aromatic nitrogens is 3. The summed E-state index contributed by atoms with van der Waals surface area (Å²) < 4.78 is 5.65. The number of likely N-dealkylation sites (tertiary alicyclic amines) is 2. The topological polar surface area (TPSA) is 95.6 Å². The molecule has 0 radical (unpaired) electrons. The lowest BCUT2D eigenvalue weighted by molar-refractivity contribution is -0.134. The van der Waals surface area contributed by atoms with Gasteiger partial charge in [0.1, 0.15) is 0 Å². The van der Waals surface area contributed by atoms with Crippen LogP contribution in [0.15, 0.2) is 34.2 Å². The van der Waals surface area contributed by atoms with E-state index in [1.54, 1.807) is 12.4 Å². The van der Waals surface area contributed by atoms with Gasteiger partial charge in [-0.05, 0) is 43.9 Å². The van der Waals surface area contributed by atoms with Crippen LogP contribution in [0.2, 0.25) is 0 Å². The van der Waals surface area contributed by atoms with E-state index < -0.39 is 0 Å². The van der Waals surface area contributed by atoms with Crippen LogP contribution in [0.1, 0.15) is 25.7 Å². The Bertz CT molecular complexity index is 811. The second kappa shape index (κ2) is 8.81. The molecule has 1 amide bonds. The monoisotopic (exact) mass is 417 g/mol. The molecule has 2 saturated heterocycles. The average Bonchev–Trinajstić information content (AvgIpc) is 3.17. The molecule has 2 aromatic heterocycles. The van der Waals surface area contributed by atoms with Gasteiger partial charge in [-0.15, -0.1) is 10.2 Å². The minimum absolute atomic E-state index is 0.158. The summed E-state index contributed by atoms with van der Waals surface area (Å²) in [7, 11) is 2.07. The van der Waals surface area contributed by atoms with Crippen molar-refractivity contribution < 1.29 is 14.3 Å². The first-order valence-electron chi connectivity index (χ1n) is 10.0. The molecule has 4 rings (SSSR count). The fourth-order valence-corrected chi connectivity index (χ4v) is 5.17. The lowest BCUT2D eigenvalue weighted by atomic mass is 9.71. The number of piperidine rings is 2. The van der Waals surface area contributed by atoms with Crippen molar-refractivity contribution >= 4 is 17.7 Å². The Morgan fingerprint density at radius 3 is 2.79 bits per heavy atom. The lowest BCUT2D eigenvalue weighted by Gasteiger charge is -2.48. The smallest absolute Gasteiger partial charge is 0.276 e.